The molecule has 0 aromatic heterocycles. The lowest BCUT2D eigenvalue weighted by molar-refractivity contribution is -0.146. The van der Waals surface area contributed by atoms with Crippen molar-refractivity contribution in [2.75, 3.05) is 33.8 Å². The van der Waals surface area contributed by atoms with Crippen molar-refractivity contribution < 1.29 is 13.9 Å². The van der Waals surface area contributed by atoms with E-state index in [1.165, 1.54) is 12.1 Å². The van der Waals surface area contributed by atoms with Gasteiger partial charge in [0.2, 0.25) is 0 Å². The minimum Gasteiger partial charge on any atom is -0.465 e. The van der Waals surface area contributed by atoms with Gasteiger partial charge in [-0.05, 0) is 33.2 Å². The van der Waals surface area contributed by atoms with Gasteiger partial charge in [0.05, 0.1) is 6.61 Å². The minimum absolute atomic E-state index is 0.131. The standard InChI is InChI=1S/C14H20ClFN2O2/c1-4-20-14(19)13(17-8-9-18(2)3)12-10(15)6-5-7-11(12)16/h5-7,13,17H,4,8-9H2,1-3H3. The zero-order valence-corrected chi connectivity index (χ0v) is 12.7. The van der Waals surface area contributed by atoms with E-state index in [1.807, 2.05) is 19.0 Å². The average Bonchev–Trinajstić information content (AvgIpc) is 2.36. The highest BCUT2D eigenvalue weighted by Gasteiger charge is 2.26. The predicted octanol–water partition coefficient (Wildman–Crippen LogP) is 2.23. The maximum atomic E-state index is 13.9. The van der Waals surface area contributed by atoms with Gasteiger partial charge >= 0.3 is 5.97 Å². The predicted molar refractivity (Wildman–Crippen MR) is 77.3 cm³/mol. The first-order valence-corrected chi connectivity index (χ1v) is 6.83. The van der Waals surface area contributed by atoms with E-state index in [1.54, 1.807) is 13.0 Å². The Balaban J connectivity index is 2.94. The van der Waals surface area contributed by atoms with E-state index in [2.05, 4.69) is 5.32 Å². The molecule has 1 unspecified atom stereocenters. The van der Waals surface area contributed by atoms with Gasteiger partial charge in [-0.1, -0.05) is 17.7 Å². The number of hydrogen-bond donors (Lipinski definition) is 1. The van der Waals surface area contributed by atoms with Crippen LogP contribution >= 0.6 is 11.6 Å². The molecule has 0 saturated carbocycles. The Labute approximate surface area is 123 Å². The molecule has 1 N–H and O–H groups in total. The van der Waals surface area contributed by atoms with Crippen LogP contribution < -0.4 is 5.32 Å². The molecule has 1 atom stereocenters. The number of rotatable bonds is 7. The Kier molecular flexibility index (Phi) is 6.91. The van der Waals surface area contributed by atoms with Crippen LogP contribution in [0.25, 0.3) is 0 Å². The van der Waals surface area contributed by atoms with Crippen LogP contribution in [-0.4, -0.2) is 44.7 Å². The summed E-state index contributed by atoms with van der Waals surface area (Å²) in [6.07, 6.45) is 0. The van der Waals surface area contributed by atoms with Gasteiger partial charge in [0.1, 0.15) is 11.9 Å². The lowest BCUT2D eigenvalue weighted by Gasteiger charge is -2.20. The maximum Gasteiger partial charge on any atom is 0.327 e. The SMILES string of the molecule is CCOC(=O)C(NCCN(C)C)c1c(F)cccc1Cl. The first-order valence-electron chi connectivity index (χ1n) is 6.46. The Hall–Kier alpha value is -1.17. The Morgan fingerprint density at radius 1 is 1.50 bits per heavy atom. The van der Waals surface area contributed by atoms with Gasteiger partial charge in [-0.2, -0.15) is 0 Å². The topological polar surface area (TPSA) is 41.6 Å². The summed E-state index contributed by atoms with van der Waals surface area (Å²) in [6.45, 7) is 3.16. The third kappa shape index (κ3) is 4.74. The molecule has 0 bridgehead atoms. The number of ether oxygens (including phenoxy) is 1. The zero-order valence-electron chi connectivity index (χ0n) is 12.0. The smallest absolute Gasteiger partial charge is 0.327 e. The summed E-state index contributed by atoms with van der Waals surface area (Å²) in [5, 5.41) is 3.20. The van der Waals surface area contributed by atoms with Crippen molar-refractivity contribution in [1.29, 1.82) is 0 Å². The van der Waals surface area contributed by atoms with E-state index in [9.17, 15) is 9.18 Å². The van der Waals surface area contributed by atoms with Gasteiger partial charge in [0.25, 0.3) is 0 Å². The highest BCUT2D eigenvalue weighted by Crippen LogP contribution is 2.26. The van der Waals surface area contributed by atoms with Crippen LogP contribution in [0.1, 0.15) is 18.5 Å². The fourth-order valence-electron chi connectivity index (χ4n) is 1.75. The number of nitrogens with zero attached hydrogens (tertiary/aromatic N) is 1. The first kappa shape index (κ1) is 16.9. The maximum absolute atomic E-state index is 13.9. The normalized spacial score (nSPS) is 12.5. The highest BCUT2D eigenvalue weighted by atomic mass is 35.5. The molecule has 0 aliphatic heterocycles. The van der Waals surface area contributed by atoms with E-state index >= 15 is 0 Å². The molecule has 0 saturated heterocycles. The summed E-state index contributed by atoms with van der Waals surface area (Å²) in [6, 6.07) is 3.44. The van der Waals surface area contributed by atoms with Gasteiger partial charge in [-0.3, -0.25) is 5.32 Å². The number of halogens is 2. The van der Waals surface area contributed by atoms with Crippen LogP contribution in [-0.2, 0) is 9.53 Å². The van der Waals surface area contributed by atoms with Crippen molar-refractivity contribution in [2.45, 2.75) is 13.0 Å². The molecule has 0 radical (unpaired) electrons. The van der Waals surface area contributed by atoms with E-state index < -0.39 is 17.8 Å². The van der Waals surface area contributed by atoms with Crippen LogP contribution in [0.2, 0.25) is 5.02 Å². The molecule has 0 aliphatic carbocycles. The monoisotopic (exact) mass is 302 g/mol. The molecule has 0 amide bonds. The van der Waals surface area contributed by atoms with Gasteiger partial charge in [-0.15, -0.1) is 0 Å². The second-order valence-corrected chi connectivity index (χ2v) is 4.98. The molecule has 1 aromatic rings. The molecule has 0 fully saturated rings. The number of esters is 1. The lowest BCUT2D eigenvalue weighted by atomic mass is 10.1. The number of nitrogens with one attached hydrogen (secondary N) is 1. The van der Waals surface area contributed by atoms with Crippen LogP contribution in [0, 0.1) is 5.82 Å². The zero-order chi connectivity index (χ0) is 15.1. The van der Waals surface area contributed by atoms with E-state index in [4.69, 9.17) is 16.3 Å². The summed E-state index contributed by atoms with van der Waals surface area (Å²) in [5.41, 5.74) is 0.131. The largest absolute Gasteiger partial charge is 0.465 e. The van der Waals surface area contributed by atoms with Crippen LogP contribution in [0.4, 0.5) is 4.39 Å². The number of carbonyl (C=O) groups excluding carboxylic acids is 1. The van der Waals surface area contributed by atoms with Gasteiger partial charge in [0, 0.05) is 23.7 Å². The molecule has 0 heterocycles. The Bertz CT molecular complexity index is 435. The Morgan fingerprint density at radius 3 is 2.75 bits per heavy atom. The third-order valence-electron chi connectivity index (χ3n) is 2.72. The second-order valence-electron chi connectivity index (χ2n) is 4.58. The molecule has 1 aromatic carbocycles. The third-order valence-corrected chi connectivity index (χ3v) is 3.05. The second kappa shape index (κ2) is 8.19. The average molecular weight is 303 g/mol. The van der Waals surface area contributed by atoms with Gasteiger partial charge in [-0.25, -0.2) is 9.18 Å². The molecule has 6 heteroatoms. The van der Waals surface area contributed by atoms with Crippen molar-refractivity contribution >= 4 is 17.6 Å². The molecule has 4 nitrogen and oxygen atoms in total. The quantitative estimate of drug-likeness (QED) is 0.784. The fourth-order valence-corrected chi connectivity index (χ4v) is 2.02. The number of likely N-dealkylation sites (N-methyl/N-ethyl adjacent to an activating group) is 1. The summed E-state index contributed by atoms with van der Waals surface area (Å²) >= 11 is 6.01. The lowest BCUT2D eigenvalue weighted by Crippen LogP contribution is -2.35. The highest BCUT2D eigenvalue weighted by molar-refractivity contribution is 6.31. The van der Waals surface area contributed by atoms with Crippen molar-refractivity contribution in [3.05, 3.63) is 34.6 Å². The van der Waals surface area contributed by atoms with Crippen molar-refractivity contribution in [1.82, 2.24) is 10.2 Å². The van der Waals surface area contributed by atoms with Crippen molar-refractivity contribution in [2.24, 2.45) is 0 Å². The molecule has 0 aliphatic rings. The summed E-state index contributed by atoms with van der Waals surface area (Å²) in [5.74, 6) is -1.05. The molecule has 0 spiro atoms. The van der Waals surface area contributed by atoms with Crippen LogP contribution in [0.15, 0.2) is 18.2 Å². The van der Waals surface area contributed by atoms with E-state index in [-0.39, 0.29) is 17.2 Å². The number of carbonyl (C=O) groups is 1. The van der Waals surface area contributed by atoms with Crippen molar-refractivity contribution in [3.63, 3.8) is 0 Å². The van der Waals surface area contributed by atoms with Crippen molar-refractivity contribution in [3.8, 4) is 0 Å². The first-order chi connectivity index (χ1) is 9.47. The number of hydrogen-bond acceptors (Lipinski definition) is 4. The van der Waals surface area contributed by atoms with Crippen LogP contribution in [0.3, 0.4) is 0 Å². The minimum atomic E-state index is -0.899. The van der Waals surface area contributed by atoms with E-state index in [0.29, 0.717) is 13.1 Å². The molecule has 20 heavy (non-hydrogen) atoms. The Morgan fingerprint density at radius 2 is 2.20 bits per heavy atom. The number of benzene rings is 1. The molecule has 112 valence electrons. The fraction of sp³-hybridized carbons (Fsp3) is 0.500. The molecule has 1 rings (SSSR count). The van der Waals surface area contributed by atoms with E-state index in [0.717, 1.165) is 0 Å². The van der Waals surface area contributed by atoms with Gasteiger partial charge < -0.3 is 9.64 Å². The summed E-state index contributed by atoms with van der Waals surface area (Å²) < 4.78 is 18.9. The molecular formula is C14H20ClFN2O2. The van der Waals surface area contributed by atoms with Gasteiger partial charge in [0.15, 0.2) is 0 Å². The van der Waals surface area contributed by atoms with Crippen LogP contribution in [0.5, 0.6) is 0 Å². The summed E-state index contributed by atoms with van der Waals surface area (Å²) in [7, 11) is 3.83. The summed E-state index contributed by atoms with van der Waals surface area (Å²) in [4.78, 5) is 14.0. The molecular weight excluding hydrogens is 283 g/mol.